The molecular formula is C8H12N6. The summed E-state index contributed by atoms with van der Waals surface area (Å²) in [7, 11) is 0. The monoisotopic (exact) mass is 192 g/mol. The summed E-state index contributed by atoms with van der Waals surface area (Å²) in [5.74, 6) is 0.547. The summed E-state index contributed by atoms with van der Waals surface area (Å²) in [6.45, 7) is 2.66. The van der Waals surface area contributed by atoms with E-state index in [1.165, 1.54) is 0 Å². The first kappa shape index (κ1) is 8.61. The standard InChI is InChI=1S/C8H12N6/c1-5-6(3-11-13-5)2-10-7-4-12-14-8(7)9/h3-4,10H,2H2,1H3,(H,11,13)(H3,9,12,14). The summed E-state index contributed by atoms with van der Waals surface area (Å²) in [5, 5.41) is 16.4. The molecule has 0 aromatic carbocycles. The van der Waals surface area contributed by atoms with Crippen LogP contribution in [-0.4, -0.2) is 20.4 Å². The van der Waals surface area contributed by atoms with Gasteiger partial charge in [0.1, 0.15) is 5.82 Å². The van der Waals surface area contributed by atoms with Crippen molar-refractivity contribution in [1.82, 2.24) is 20.4 Å². The van der Waals surface area contributed by atoms with Crippen LogP contribution in [0.3, 0.4) is 0 Å². The summed E-state index contributed by atoms with van der Waals surface area (Å²) in [5.41, 5.74) is 8.60. The SMILES string of the molecule is Cc1[nH]ncc1CNc1cn[nH]c1N. The van der Waals surface area contributed by atoms with Gasteiger partial charge in [-0.1, -0.05) is 0 Å². The molecule has 0 saturated carbocycles. The van der Waals surface area contributed by atoms with Crippen molar-refractivity contribution >= 4 is 11.5 Å². The van der Waals surface area contributed by atoms with Crippen LogP contribution in [-0.2, 0) is 6.54 Å². The van der Waals surface area contributed by atoms with Crippen LogP contribution in [0.4, 0.5) is 11.5 Å². The quantitative estimate of drug-likeness (QED) is 0.573. The first-order valence-electron chi connectivity index (χ1n) is 4.29. The highest BCUT2D eigenvalue weighted by molar-refractivity contribution is 5.60. The molecule has 0 aliphatic rings. The minimum atomic E-state index is 0.547. The molecule has 0 amide bonds. The van der Waals surface area contributed by atoms with E-state index in [1.54, 1.807) is 12.4 Å². The maximum atomic E-state index is 5.61. The lowest BCUT2D eigenvalue weighted by molar-refractivity contribution is 1.04. The van der Waals surface area contributed by atoms with Gasteiger partial charge in [0.2, 0.25) is 0 Å². The average Bonchev–Trinajstić information content (AvgIpc) is 2.72. The minimum absolute atomic E-state index is 0.547. The van der Waals surface area contributed by atoms with Crippen LogP contribution in [0.2, 0.25) is 0 Å². The molecule has 2 aromatic rings. The Bertz CT molecular complexity index is 375. The molecule has 0 spiro atoms. The molecular weight excluding hydrogens is 180 g/mol. The number of rotatable bonds is 3. The predicted molar refractivity (Wildman–Crippen MR) is 53.7 cm³/mol. The lowest BCUT2D eigenvalue weighted by Crippen LogP contribution is -2.01. The maximum absolute atomic E-state index is 5.61. The van der Waals surface area contributed by atoms with Crippen LogP contribution in [0.1, 0.15) is 11.3 Å². The Morgan fingerprint density at radius 2 is 2.14 bits per heavy atom. The molecule has 14 heavy (non-hydrogen) atoms. The van der Waals surface area contributed by atoms with Crippen molar-refractivity contribution in [3.63, 3.8) is 0 Å². The number of aryl methyl sites for hydroxylation is 1. The van der Waals surface area contributed by atoms with Gasteiger partial charge in [0.05, 0.1) is 18.1 Å². The topological polar surface area (TPSA) is 95.4 Å². The van der Waals surface area contributed by atoms with Crippen molar-refractivity contribution < 1.29 is 0 Å². The Morgan fingerprint density at radius 3 is 2.71 bits per heavy atom. The molecule has 0 atom stereocenters. The van der Waals surface area contributed by atoms with E-state index >= 15 is 0 Å². The van der Waals surface area contributed by atoms with E-state index in [0.29, 0.717) is 12.4 Å². The van der Waals surface area contributed by atoms with Gasteiger partial charge in [-0.15, -0.1) is 0 Å². The van der Waals surface area contributed by atoms with E-state index < -0.39 is 0 Å². The van der Waals surface area contributed by atoms with Crippen LogP contribution < -0.4 is 11.1 Å². The number of aromatic nitrogens is 4. The van der Waals surface area contributed by atoms with Gasteiger partial charge >= 0.3 is 0 Å². The lowest BCUT2D eigenvalue weighted by Gasteiger charge is -2.02. The molecule has 0 fully saturated rings. The fourth-order valence-corrected chi connectivity index (χ4v) is 1.18. The van der Waals surface area contributed by atoms with Gasteiger partial charge in [-0.2, -0.15) is 10.2 Å². The molecule has 0 unspecified atom stereocenters. The highest BCUT2D eigenvalue weighted by Gasteiger charge is 2.02. The molecule has 0 radical (unpaired) electrons. The van der Waals surface area contributed by atoms with Gasteiger partial charge in [0.15, 0.2) is 0 Å². The Hall–Kier alpha value is -1.98. The van der Waals surface area contributed by atoms with Crippen molar-refractivity contribution in [2.24, 2.45) is 0 Å². The second-order valence-electron chi connectivity index (χ2n) is 3.07. The Kier molecular flexibility index (Phi) is 2.10. The van der Waals surface area contributed by atoms with Gasteiger partial charge in [-0.25, -0.2) is 0 Å². The zero-order chi connectivity index (χ0) is 9.97. The van der Waals surface area contributed by atoms with E-state index in [0.717, 1.165) is 16.9 Å². The van der Waals surface area contributed by atoms with E-state index in [2.05, 4.69) is 25.7 Å². The number of nitrogens with zero attached hydrogens (tertiary/aromatic N) is 2. The molecule has 0 aliphatic carbocycles. The number of hydrogen-bond acceptors (Lipinski definition) is 4. The highest BCUT2D eigenvalue weighted by Crippen LogP contribution is 2.14. The normalized spacial score (nSPS) is 10.4. The summed E-state index contributed by atoms with van der Waals surface area (Å²) in [6, 6.07) is 0. The van der Waals surface area contributed by atoms with Gasteiger partial charge in [-0.3, -0.25) is 10.2 Å². The van der Waals surface area contributed by atoms with Crippen LogP contribution >= 0.6 is 0 Å². The van der Waals surface area contributed by atoms with E-state index in [-0.39, 0.29) is 0 Å². The van der Waals surface area contributed by atoms with Crippen LogP contribution in [0, 0.1) is 6.92 Å². The predicted octanol–water partition coefficient (Wildman–Crippen LogP) is 0.636. The van der Waals surface area contributed by atoms with Crippen molar-refractivity contribution in [2.45, 2.75) is 13.5 Å². The van der Waals surface area contributed by atoms with Crippen molar-refractivity contribution in [3.05, 3.63) is 23.7 Å². The molecule has 0 bridgehead atoms. The minimum Gasteiger partial charge on any atom is -0.382 e. The molecule has 5 N–H and O–H groups in total. The van der Waals surface area contributed by atoms with Gasteiger partial charge < -0.3 is 11.1 Å². The molecule has 6 heteroatoms. The molecule has 6 nitrogen and oxygen atoms in total. The Balaban J connectivity index is 2.02. The number of anilines is 2. The second kappa shape index (κ2) is 3.41. The molecule has 2 heterocycles. The zero-order valence-corrected chi connectivity index (χ0v) is 7.83. The molecule has 2 rings (SSSR count). The first-order valence-corrected chi connectivity index (χ1v) is 4.29. The van der Waals surface area contributed by atoms with E-state index in [1.807, 2.05) is 6.92 Å². The van der Waals surface area contributed by atoms with E-state index in [4.69, 9.17) is 5.73 Å². The number of aromatic amines is 2. The Morgan fingerprint density at radius 1 is 1.36 bits per heavy atom. The third-order valence-corrected chi connectivity index (χ3v) is 2.07. The number of H-pyrrole nitrogens is 2. The first-order chi connectivity index (χ1) is 6.77. The number of nitrogens with one attached hydrogen (secondary N) is 3. The van der Waals surface area contributed by atoms with Crippen molar-refractivity contribution in [2.75, 3.05) is 11.1 Å². The van der Waals surface area contributed by atoms with Crippen LogP contribution in [0.15, 0.2) is 12.4 Å². The average molecular weight is 192 g/mol. The molecule has 2 aromatic heterocycles. The number of hydrogen-bond donors (Lipinski definition) is 4. The number of nitrogens with two attached hydrogens (primary N) is 1. The molecule has 74 valence electrons. The summed E-state index contributed by atoms with van der Waals surface area (Å²) < 4.78 is 0. The molecule has 0 aliphatic heterocycles. The van der Waals surface area contributed by atoms with Gasteiger partial charge in [0, 0.05) is 17.8 Å². The summed E-state index contributed by atoms with van der Waals surface area (Å²) in [4.78, 5) is 0. The van der Waals surface area contributed by atoms with E-state index in [9.17, 15) is 0 Å². The third-order valence-electron chi connectivity index (χ3n) is 2.07. The van der Waals surface area contributed by atoms with Crippen LogP contribution in [0.5, 0.6) is 0 Å². The Labute approximate surface area is 80.9 Å². The second-order valence-corrected chi connectivity index (χ2v) is 3.07. The smallest absolute Gasteiger partial charge is 0.142 e. The fraction of sp³-hybridized carbons (Fsp3) is 0.250. The zero-order valence-electron chi connectivity index (χ0n) is 7.83. The fourth-order valence-electron chi connectivity index (χ4n) is 1.18. The summed E-state index contributed by atoms with van der Waals surface area (Å²) >= 11 is 0. The molecule has 0 saturated heterocycles. The number of nitrogen functional groups attached to an aromatic ring is 1. The van der Waals surface area contributed by atoms with Crippen LogP contribution in [0.25, 0.3) is 0 Å². The largest absolute Gasteiger partial charge is 0.382 e. The highest BCUT2D eigenvalue weighted by atomic mass is 15.2. The van der Waals surface area contributed by atoms with Gasteiger partial charge in [0.25, 0.3) is 0 Å². The van der Waals surface area contributed by atoms with Crippen molar-refractivity contribution in [3.8, 4) is 0 Å². The summed E-state index contributed by atoms with van der Waals surface area (Å²) in [6.07, 6.45) is 3.45. The third kappa shape index (κ3) is 1.54. The van der Waals surface area contributed by atoms with Crippen molar-refractivity contribution in [1.29, 1.82) is 0 Å². The maximum Gasteiger partial charge on any atom is 0.142 e. The lowest BCUT2D eigenvalue weighted by atomic mass is 10.2. The van der Waals surface area contributed by atoms with Gasteiger partial charge in [-0.05, 0) is 6.92 Å².